The maximum Gasteiger partial charge on any atom is 0.321 e. The van der Waals surface area contributed by atoms with Crippen LogP contribution in [0.1, 0.15) is 5.56 Å². The minimum atomic E-state index is -1.17. The van der Waals surface area contributed by atoms with Gasteiger partial charge in [-0.3, -0.25) is 10.3 Å². The van der Waals surface area contributed by atoms with Crippen molar-refractivity contribution in [1.82, 2.24) is 16.0 Å². The molecule has 2 amide bonds. The third-order valence-electron chi connectivity index (χ3n) is 2.79. The van der Waals surface area contributed by atoms with Gasteiger partial charge in [-0.2, -0.15) is 0 Å². The minimum Gasteiger partial charge on any atom is -0.334 e. The number of hydrogen-bond acceptors (Lipinski definition) is 4. The molecule has 0 aromatic heterocycles. The van der Waals surface area contributed by atoms with Gasteiger partial charge in [0.1, 0.15) is 11.9 Å². The maximum absolute atomic E-state index is 13.6. The number of hydrogen-bond donors (Lipinski definition) is 3. The Hall–Kier alpha value is -1.67. The molecule has 21 heavy (non-hydrogen) atoms. The van der Waals surface area contributed by atoms with Crippen LogP contribution in [0.15, 0.2) is 29.3 Å². The summed E-state index contributed by atoms with van der Waals surface area (Å²) in [5, 5.41) is 8.14. The van der Waals surface area contributed by atoms with Gasteiger partial charge >= 0.3 is 6.03 Å². The molecule has 0 radical (unpaired) electrons. The predicted molar refractivity (Wildman–Crippen MR) is 79.4 cm³/mol. The van der Waals surface area contributed by atoms with Gasteiger partial charge in [0.15, 0.2) is 10.7 Å². The van der Waals surface area contributed by atoms with Gasteiger partial charge in [0.25, 0.3) is 0 Å². The summed E-state index contributed by atoms with van der Waals surface area (Å²) in [6, 6.07) is 4.93. The number of rotatable bonds is 4. The lowest BCUT2D eigenvalue weighted by atomic mass is 10.2. The van der Waals surface area contributed by atoms with Gasteiger partial charge in [-0.1, -0.05) is 12.1 Å². The van der Waals surface area contributed by atoms with Crippen molar-refractivity contribution in [3.05, 3.63) is 35.6 Å². The number of nitrogens with one attached hydrogen (secondary N) is 3. The van der Waals surface area contributed by atoms with E-state index in [0.29, 0.717) is 12.1 Å². The summed E-state index contributed by atoms with van der Waals surface area (Å²) in [7, 11) is 1.71. The maximum atomic E-state index is 13.6. The normalized spacial score (nSPS) is 21.0. The van der Waals surface area contributed by atoms with Crippen LogP contribution in [0.2, 0.25) is 0 Å². The zero-order valence-corrected chi connectivity index (χ0v) is 12.2. The van der Waals surface area contributed by atoms with Crippen molar-refractivity contribution >= 4 is 23.0 Å². The topological polar surface area (TPSA) is 65.5 Å². The van der Waals surface area contributed by atoms with Crippen LogP contribution in [0.4, 0.5) is 13.6 Å². The summed E-state index contributed by atoms with van der Waals surface area (Å²) in [5.41, 5.74) is -0.529. The van der Waals surface area contributed by atoms with Crippen molar-refractivity contribution in [1.29, 1.82) is 0 Å². The number of likely N-dealkylation sites (N-methyl/N-ethyl adjacent to an activating group) is 1. The number of aliphatic imine (C=N–C) groups is 1. The molecule has 1 aliphatic rings. The molecular formula is C13H16F2N4OS. The number of halogens is 2. The van der Waals surface area contributed by atoms with E-state index in [1.54, 1.807) is 19.2 Å². The van der Waals surface area contributed by atoms with Gasteiger partial charge in [0, 0.05) is 13.1 Å². The molecule has 114 valence electrons. The van der Waals surface area contributed by atoms with E-state index in [0.717, 1.165) is 11.8 Å². The number of urea groups is 1. The summed E-state index contributed by atoms with van der Waals surface area (Å²) in [5.74, 6) is -0.361. The molecule has 0 fully saturated rings. The molecule has 8 heteroatoms. The molecular weight excluding hydrogens is 298 g/mol. The zero-order valence-electron chi connectivity index (χ0n) is 11.4. The molecule has 2 unspecified atom stereocenters. The number of benzene rings is 1. The molecule has 1 aromatic rings. The van der Waals surface area contributed by atoms with Gasteiger partial charge in [-0.05, 0) is 36.5 Å². The van der Waals surface area contributed by atoms with Crippen LogP contribution < -0.4 is 16.0 Å². The Balaban J connectivity index is 1.81. The number of thioether (sulfide) groups is 1. The fourth-order valence-electron chi connectivity index (χ4n) is 1.80. The lowest BCUT2D eigenvalue weighted by molar-refractivity contribution is 0.245. The fraction of sp³-hybridized carbons (Fsp3) is 0.385. The second-order valence-corrected chi connectivity index (χ2v) is 5.54. The smallest absolute Gasteiger partial charge is 0.321 e. The molecule has 0 bridgehead atoms. The Kier molecular flexibility index (Phi) is 5.51. The first-order chi connectivity index (χ1) is 10.1. The zero-order chi connectivity index (χ0) is 15.2. The molecule has 0 saturated carbocycles. The third-order valence-corrected chi connectivity index (χ3v) is 3.76. The SMILES string of the molecule is CNCC1N=C(NC(=O)NCc2cccc(F)c2)SC1F. The largest absolute Gasteiger partial charge is 0.334 e. The van der Waals surface area contributed by atoms with Crippen molar-refractivity contribution in [2.24, 2.45) is 4.99 Å². The van der Waals surface area contributed by atoms with Gasteiger partial charge in [0.05, 0.1) is 0 Å². The second-order valence-electron chi connectivity index (χ2n) is 4.47. The van der Waals surface area contributed by atoms with Crippen LogP contribution in [0.5, 0.6) is 0 Å². The van der Waals surface area contributed by atoms with Gasteiger partial charge in [0.2, 0.25) is 0 Å². The van der Waals surface area contributed by atoms with E-state index < -0.39 is 17.6 Å². The third kappa shape index (κ3) is 4.68. The Bertz CT molecular complexity index is 541. The minimum absolute atomic E-state index is 0.181. The summed E-state index contributed by atoms with van der Waals surface area (Å²) >= 11 is 0.877. The van der Waals surface area contributed by atoms with Crippen LogP contribution in [-0.4, -0.2) is 36.3 Å². The fourth-order valence-corrected chi connectivity index (χ4v) is 2.68. The average Bonchev–Trinajstić information content (AvgIpc) is 2.77. The Labute approximate surface area is 125 Å². The highest BCUT2D eigenvalue weighted by Crippen LogP contribution is 2.26. The molecule has 2 rings (SSSR count). The Morgan fingerprint density at radius 3 is 3.00 bits per heavy atom. The number of nitrogens with zero attached hydrogens (tertiary/aromatic N) is 1. The van der Waals surface area contributed by atoms with E-state index in [-0.39, 0.29) is 17.5 Å². The van der Waals surface area contributed by atoms with Crippen LogP contribution in [0.25, 0.3) is 0 Å². The highest BCUT2D eigenvalue weighted by atomic mass is 32.2. The summed E-state index contributed by atoms with van der Waals surface area (Å²) in [6.45, 7) is 0.588. The van der Waals surface area contributed by atoms with Crippen LogP contribution in [-0.2, 0) is 6.54 Å². The highest BCUT2D eigenvalue weighted by molar-refractivity contribution is 8.14. The van der Waals surface area contributed by atoms with Crippen molar-refractivity contribution in [3.8, 4) is 0 Å². The lowest BCUT2D eigenvalue weighted by Crippen LogP contribution is -2.37. The molecule has 1 aromatic carbocycles. The molecule has 0 spiro atoms. The number of amides is 2. The van der Waals surface area contributed by atoms with Crippen molar-refractivity contribution < 1.29 is 13.6 Å². The summed E-state index contributed by atoms with van der Waals surface area (Å²) in [4.78, 5) is 15.8. The number of carbonyl (C=O) groups excluding carboxylic acids is 1. The molecule has 0 aliphatic carbocycles. The monoisotopic (exact) mass is 314 g/mol. The molecule has 2 atom stereocenters. The lowest BCUT2D eigenvalue weighted by Gasteiger charge is -2.07. The Morgan fingerprint density at radius 1 is 1.48 bits per heavy atom. The molecule has 1 heterocycles. The number of carbonyl (C=O) groups is 1. The quantitative estimate of drug-likeness (QED) is 0.791. The van der Waals surface area contributed by atoms with E-state index in [9.17, 15) is 13.6 Å². The Morgan fingerprint density at radius 2 is 2.29 bits per heavy atom. The first kappa shape index (κ1) is 15.7. The van der Waals surface area contributed by atoms with Gasteiger partial charge in [-0.25, -0.2) is 13.6 Å². The summed E-state index contributed by atoms with van der Waals surface area (Å²) < 4.78 is 26.5. The van der Waals surface area contributed by atoms with Crippen molar-refractivity contribution in [3.63, 3.8) is 0 Å². The van der Waals surface area contributed by atoms with E-state index in [2.05, 4.69) is 20.9 Å². The average molecular weight is 314 g/mol. The van der Waals surface area contributed by atoms with Gasteiger partial charge in [-0.15, -0.1) is 0 Å². The van der Waals surface area contributed by atoms with Crippen molar-refractivity contribution in [2.45, 2.75) is 18.1 Å². The molecule has 5 nitrogen and oxygen atoms in total. The molecule has 3 N–H and O–H groups in total. The van der Waals surface area contributed by atoms with E-state index in [1.165, 1.54) is 12.1 Å². The number of alkyl halides is 1. The first-order valence-electron chi connectivity index (χ1n) is 6.41. The molecule has 0 saturated heterocycles. The van der Waals surface area contributed by atoms with Crippen LogP contribution in [0, 0.1) is 5.82 Å². The van der Waals surface area contributed by atoms with E-state index in [4.69, 9.17) is 0 Å². The number of amidine groups is 1. The second kappa shape index (κ2) is 7.37. The van der Waals surface area contributed by atoms with Gasteiger partial charge < -0.3 is 10.6 Å². The van der Waals surface area contributed by atoms with E-state index >= 15 is 0 Å². The predicted octanol–water partition coefficient (Wildman–Crippen LogP) is 1.61. The van der Waals surface area contributed by atoms with Crippen LogP contribution >= 0.6 is 11.8 Å². The van der Waals surface area contributed by atoms with Crippen LogP contribution in [0.3, 0.4) is 0 Å². The standard InChI is InChI=1S/C13H16F2N4OS/c1-16-7-10-11(15)21-13(18-10)19-12(20)17-6-8-3-2-4-9(14)5-8/h2-5,10-11,16H,6-7H2,1H3,(H2,17,18,19,20). The highest BCUT2D eigenvalue weighted by Gasteiger charge is 2.30. The van der Waals surface area contributed by atoms with Crippen molar-refractivity contribution in [2.75, 3.05) is 13.6 Å². The first-order valence-corrected chi connectivity index (χ1v) is 7.29. The molecule has 1 aliphatic heterocycles. The summed E-state index contributed by atoms with van der Waals surface area (Å²) in [6.07, 6.45) is 0. The van der Waals surface area contributed by atoms with E-state index in [1.807, 2.05) is 0 Å².